The summed E-state index contributed by atoms with van der Waals surface area (Å²) >= 11 is 3.45. The Balaban J connectivity index is 1.88. The minimum Gasteiger partial charge on any atom is -0.438 e. The van der Waals surface area contributed by atoms with Gasteiger partial charge in [-0.05, 0) is 41.1 Å². The molecule has 0 spiro atoms. The Morgan fingerprint density at radius 3 is 2.50 bits per heavy atom. The lowest BCUT2D eigenvalue weighted by atomic mass is 10.1. The molecule has 0 unspecified atom stereocenters. The molecule has 0 saturated carbocycles. The van der Waals surface area contributed by atoms with E-state index >= 15 is 0 Å². The van der Waals surface area contributed by atoms with Crippen molar-refractivity contribution in [1.82, 2.24) is 10.2 Å². The van der Waals surface area contributed by atoms with Crippen molar-refractivity contribution in [2.24, 2.45) is 0 Å². The number of halogens is 1. The van der Waals surface area contributed by atoms with Crippen molar-refractivity contribution in [2.45, 2.75) is 6.61 Å². The summed E-state index contributed by atoms with van der Waals surface area (Å²) in [6.45, 7) is -0.127. The van der Waals surface area contributed by atoms with Crippen LogP contribution in [-0.2, 0) is 6.61 Å². The number of hydrogen-bond donors (Lipinski definition) is 1. The maximum Gasteiger partial charge on any atom is 0.238 e. The summed E-state index contributed by atoms with van der Waals surface area (Å²) in [6, 6.07) is 15.2. The van der Waals surface area contributed by atoms with Gasteiger partial charge in [0.15, 0.2) is 0 Å². The number of aromatic nitrogens is 2. The van der Waals surface area contributed by atoms with Crippen LogP contribution in [0.25, 0.3) is 10.8 Å². The average Bonchev–Trinajstić information content (AvgIpc) is 2.48. The van der Waals surface area contributed by atoms with E-state index in [1.54, 1.807) is 12.1 Å². The molecule has 0 atom stereocenters. The van der Waals surface area contributed by atoms with Gasteiger partial charge in [0, 0.05) is 10.5 Å². The monoisotopic (exact) mass is 330 g/mol. The highest BCUT2D eigenvalue weighted by Gasteiger charge is 2.02. The number of hydrogen-bond acceptors (Lipinski definition) is 4. The molecule has 0 aliphatic carbocycles. The molecule has 0 fully saturated rings. The molecule has 0 saturated heterocycles. The molecule has 3 aromatic rings. The first-order valence-electron chi connectivity index (χ1n) is 6.05. The van der Waals surface area contributed by atoms with E-state index in [4.69, 9.17) is 9.84 Å². The van der Waals surface area contributed by atoms with Gasteiger partial charge >= 0.3 is 0 Å². The standard InChI is InChI=1S/C15H11BrN2O2/c16-12-3-1-11-8-14(5-2-10(11)7-12)20-15-6-4-13(9-19)17-18-15/h1-8,19H,9H2. The first-order chi connectivity index (χ1) is 9.74. The molecule has 0 radical (unpaired) electrons. The highest BCUT2D eigenvalue weighted by molar-refractivity contribution is 9.10. The first kappa shape index (κ1) is 13.0. The number of nitrogens with zero attached hydrogens (tertiary/aromatic N) is 2. The first-order valence-corrected chi connectivity index (χ1v) is 6.84. The van der Waals surface area contributed by atoms with Gasteiger partial charge in [-0.25, -0.2) is 0 Å². The molecule has 5 heteroatoms. The van der Waals surface area contributed by atoms with Crippen LogP contribution in [0.15, 0.2) is 53.0 Å². The molecule has 0 aliphatic rings. The molecule has 4 nitrogen and oxygen atoms in total. The summed E-state index contributed by atoms with van der Waals surface area (Å²) in [4.78, 5) is 0. The van der Waals surface area contributed by atoms with E-state index in [0.29, 0.717) is 17.3 Å². The Bertz CT molecular complexity index is 744. The van der Waals surface area contributed by atoms with Gasteiger partial charge in [-0.2, -0.15) is 0 Å². The summed E-state index contributed by atoms with van der Waals surface area (Å²) in [5.74, 6) is 1.10. The van der Waals surface area contributed by atoms with Gasteiger partial charge in [-0.1, -0.05) is 28.1 Å². The van der Waals surface area contributed by atoms with Crippen molar-refractivity contribution < 1.29 is 9.84 Å². The van der Waals surface area contributed by atoms with Crippen molar-refractivity contribution in [3.05, 3.63) is 58.7 Å². The van der Waals surface area contributed by atoms with Crippen LogP contribution in [0.5, 0.6) is 11.6 Å². The third-order valence-corrected chi connectivity index (χ3v) is 3.35. The van der Waals surface area contributed by atoms with E-state index < -0.39 is 0 Å². The van der Waals surface area contributed by atoms with E-state index in [2.05, 4.69) is 32.2 Å². The fourth-order valence-corrected chi connectivity index (χ4v) is 2.24. The second-order valence-corrected chi connectivity index (χ2v) is 5.19. The smallest absolute Gasteiger partial charge is 0.238 e. The van der Waals surface area contributed by atoms with Gasteiger partial charge in [0.25, 0.3) is 0 Å². The van der Waals surface area contributed by atoms with Crippen LogP contribution in [0, 0.1) is 0 Å². The Morgan fingerprint density at radius 1 is 0.950 bits per heavy atom. The lowest BCUT2D eigenvalue weighted by Crippen LogP contribution is -1.94. The van der Waals surface area contributed by atoms with Crippen LogP contribution >= 0.6 is 15.9 Å². The van der Waals surface area contributed by atoms with Crippen LogP contribution in [0.4, 0.5) is 0 Å². The molecular formula is C15H11BrN2O2. The quantitative estimate of drug-likeness (QED) is 0.795. The number of fused-ring (bicyclic) bond motifs is 1. The van der Waals surface area contributed by atoms with E-state index in [9.17, 15) is 0 Å². The normalized spacial score (nSPS) is 10.7. The zero-order valence-electron chi connectivity index (χ0n) is 10.5. The summed E-state index contributed by atoms with van der Waals surface area (Å²) in [6.07, 6.45) is 0. The number of aliphatic hydroxyl groups excluding tert-OH is 1. The maximum absolute atomic E-state index is 8.91. The van der Waals surface area contributed by atoms with Crippen LogP contribution in [0.2, 0.25) is 0 Å². The Labute approximate surface area is 124 Å². The van der Waals surface area contributed by atoms with E-state index in [0.717, 1.165) is 15.2 Å². The molecule has 0 amide bonds. The minimum absolute atomic E-state index is 0.127. The SMILES string of the molecule is OCc1ccc(Oc2ccc3cc(Br)ccc3c2)nn1. The second-order valence-electron chi connectivity index (χ2n) is 4.28. The van der Waals surface area contributed by atoms with Crippen molar-refractivity contribution in [3.63, 3.8) is 0 Å². The lowest BCUT2D eigenvalue weighted by Gasteiger charge is -2.06. The summed E-state index contributed by atoms with van der Waals surface area (Å²) in [5, 5.41) is 18.9. The maximum atomic E-state index is 8.91. The third-order valence-electron chi connectivity index (χ3n) is 2.85. The molecule has 3 rings (SSSR count). The van der Waals surface area contributed by atoms with Gasteiger partial charge in [0.1, 0.15) is 5.75 Å². The molecule has 2 aromatic carbocycles. The van der Waals surface area contributed by atoms with Crippen LogP contribution in [0.1, 0.15) is 5.69 Å². The molecule has 1 N–H and O–H groups in total. The van der Waals surface area contributed by atoms with Gasteiger partial charge in [0.2, 0.25) is 5.88 Å². The zero-order valence-corrected chi connectivity index (χ0v) is 12.0. The molecule has 100 valence electrons. The van der Waals surface area contributed by atoms with Gasteiger partial charge in [0.05, 0.1) is 12.3 Å². The van der Waals surface area contributed by atoms with Gasteiger partial charge in [-0.3, -0.25) is 0 Å². The van der Waals surface area contributed by atoms with Crippen molar-refractivity contribution in [1.29, 1.82) is 0 Å². The van der Waals surface area contributed by atoms with E-state index in [1.165, 1.54) is 0 Å². The molecule has 1 heterocycles. The van der Waals surface area contributed by atoms with E-state index in [-0.39, 0.29) is 6.61 Å². The number of aliphatic hydroxyl groups is 1. The predicted octanol–water partition coefficient (Wildman–Crippen LogP) is 3.68. The summed E-state index contributed by atoms with van der Waals surface area (Å²) < 4.78 is 6.69. The molecule has 0 bridgehead atoms. The van der Waals surface area contributed by atoms with Gasteiger partial charge < -0.3 is 9.84 Å². The topological polar surface area (TPSA) is 55.2 Å². The van der Waals surface area contributed by atoms with Gasteiger partial charge in [-0.15, -0.1) is 10.2 Å². The Kier molecular flexibility index (Phi) is 3.62. The number of rotatable bonds is 3. The zero-order chi connectivity index (χ0) is 13.9. The largest absolute Gasteiger partial charge is 0.438 e. The second kappa shape index (κ2) is 5.56. The Hall–Kier alpha value is -1.98. The summed E-state index contributed by atoms with van der Waals surface area (Å²) in [5.41, 5.74) is 0.515. The highest BCUT2D eigenvalue weighted by atomic mass is 79.9. The average molecular weight is 331 g/mol. The minimum atomic E-state index is -0.127. The van der Waals surface area contributed by atoms with Crippen LogP contribution in [-0.4, -0.2) is 15.3 Å². The molecule has 20 heavy (non-hydrogen) atoms. The Morgan fingerprint density at radius 2 is 1.75 bits per heavy atom. The fourth-order valence-electron chi connectivity index (χ4n) is 1.87. The number of ether oxygens (including phenoxy) is 1. The van der Waals surface area contributed by atoms with Crippen LogP contribution < -0.4 is 4.74 Å². The van der Waals surface area contributed by atoms with Crippen LogP contribution in [0.3, 0.4) is 0 Å². The lowest BCUT2D eigenvalue weighted by molar-refractivity contribution is 0.274. The van der Waals surface area contributed by atoms with Crippen molar-refractivity contribution >= 4 is 26.7 Å². The van der Waals surface area contributed by atoms with Crippen molar-refractivity contribution in [3.8, 4) is 11.6 Å². The fraction of sp³-hybridized carbons (Fsp3) is 0.0667. The molecular weight excluding hydrogens is 320 g/mol. The highest BCUT2D eigenvalue weighted by Crippen LogP contribution is 2.26. The van der Waals surface area contributed by atoms with Crippen molar-refractivity contribution in [2.75, 3.05) is 0 Å². The third kappa shape index (κ3) is 2.79. The summed E-state index contributed by atoms with van der Waals surface area (Å²) in [7, 11) is 0. The molecule has 0 aliphatic heterocycles. The predicted molar refractivity (Wildman–Crippen MR) is 79.7 cm³/mol. The molecule has 1 aromatic heterocycles. The number of benzene rings is 2. The van der Waals surface area contributed by atoms with E-state index in [1.807, 2.05) is 30.3 Å².